The zero-order chi connectivity index (χ0) is 13.2. The van der Waals surface area contributed by atoms with Gasteiger partial charge >= 0.3 is 0 Å². The number of nitrogens with one attached hydrogen (secondary N) is 1. The molecule has 110 valence electrons. The summed E-state index contributed by atoms with van der Waals surface area (Å²) < 4.78 is 5.88. The second-order valence-electron chi connectivity index (χ2n) is 6.76. The zero-order valence-corrected chi connectivity index (χ0v) is 12.6. The van der Waals surface area contributed by atoms with Gasteiger partial charge in [0.25, 0.3) is 0 Å². The highest BCUT2D eigenvalue weighted by Gasteiger charge is 2.38. The van der Waals surface area contributed by atoms with E-state index in [4.69, 9.17) is 4.74 Å². The van der Waals surface area contributed by atoms with Gasteiger partial charge in [0.2, 0.25) is 0 Å². The molecule has 0 aromatic heterocycles. The number of hydrogen-bond donors (Lipinski definition) is 1. The van der Waals surface area contributed by atoms with Gasteiger partial charge < -0.3 is 15.0 Å². The van der Waals surface area contributed by atoms with E-state index in [1.54, 1.807) is 0 Å². The smallest absolute Gasteiger partial charge is 0.0619 e. The molecule has 0 spiro atoms. The van der Waals surface area contributed by atoms with Crippen LogP contribution >= 0.6 is 0 Å². The van der Waals surface area contributed by atoms with Crippen LogP contribution in [0.5, 0.6) is 0 Å². The number of hydrogen-bond acceptors (Lipinski definition) is 3. The Hall–Kier alpha value is -0.120. The fourth-order valence-electron chi connectivity index (χ4n) is 4.53. The van der Waals surface area contributed by atoms with Crippen molar-refractivity contribution in [1.82, 2.24) is 10.2 Å². The van der Waals surface area contributed by atoms with Crippen LogP contribution in [0.15, 0.2) is 0 Å². The summed E-state index contributed by atoms with van der Waals surface area (Å²) in [5.74, 6) is 0.799. The van der Waals surface area contributed by atoms with Gasteiger partial charge in [-0.25, -0.2) is 0 Å². The molecule has 0 aromatic carbocycles. The summed E-state index contributed by atoms with van der Waals surface area (Å²) in [6.45, 7) is 8.15. The molecule has 3 heteroatoms. The van der Waals surface area contributed by atoms with Crippen molar-refractivity contribution in [3.63, 3.8) is 0 Å². The maximum atomic E-state index is 5.88. The summed E-state index contributed by atoms with van der Waals surface area (Å²) in [5.41, 5.74) is 0. The highest BCUT2D eigenvalue weighted by atomic mass is 16.5. The van der Waals surface area contributed by atoms with E-state index in [-0.39, 0.29) is 0 Å². The molecule has 3 rings (SSSR count). The molecule has 5 atom stereocenters. The van der Waals surface area contributed by atoms with Gasteiger partial charge in [0.15, 0.2) is 0 Å². The lowest BCUT2D eigenvalue weighted by Crippen LogP contribution is -2.53. The average molecular weight is 266 g/mol. The van der Waals surface area contributed by atoms with E-state index in [0.29, 0.717) is 6.10 Å². The molecule has 3 fully saturated rings. The van der Waals surface area contributed by atoms with Crippen LogP contribution in [-0.2, 0) is 4.74 Å². The quantitative estimate of drug-likeness (QED) is 0.849. The minimum absolute atomic E-state index is 0.569. The lowest BCUT2D eigenvalue weighted by atomic mass is 9.81. The fourth-order valence-corrected chi connectivity index (χ4v) is 4.53. The number of piperidine rings is 1. The monoisotopic (exact) mass is 266 g/mol. The molecular formula is C16H30N2O. The lowest BCUT2D eigenvalue weighted by Gasteiger charge is -2.41. The first-order valence-corrected chi connectivity index (χ1v) is 8.39. The molecule has 1 aliphatic carbocycles. The molecule has 2 heterocycles. The van der Waals surface area contributed by atoms with E-state index in [1.165, 1.54) is 51.6 Å². The maximum absolute atomic E-state index is 5.88. The Balaban J connectivity index is 1.53. The van der Waals surface area contributed by atoms with Gasteiger partial charge in [0.05, 0.1) is 6.10 Å². The Morgan fingerprint density at radius 1 is 1.21 bits per heavy atom. The van der Waals surface area contributed by atoms with Gasteiger partial charge in [-0.1, -0.05) is 6.92 Å². The van der Waals surface area contributed by atoms with Crippen LogP contribution < -0.4 is 5.32 Å². The molecule has 0 bridgehead atoms. The standard InChI is InChI=1S/C16H30N2O/c1-3-18-9-7-13(11-12(18)2)17-15-5-4-6-16-14(15)8-10-19-16/h12-17H,3-11H2,1-2H3/t12-,13+,14+,15-,16+/m1/s1. The number of fused-ring (bicyclic) bond motifs is 1. The second-order valence-corrected chi connectivity index (χ2v) is 6.76. The van der Waals surface area contributed by atoms with Crippen molar-refractivity contribution in [2.45, 2.75) is 76.6 Å². The third kappa shape index (κ3) is 2.98. The van der Waals surface area contributed by atoms with Gasteiger partial charge in [-0.2, -0.15) is 0 Å². The summed E-state index contributed by atoms with van der Waals surface area (Å²) in [6, 6.07) is 2.21. The minimum Gasteiger partial charge on any atom is -0.378 e. The maximum Gasteiger partial charge on any atom is 0.0619 e. The van der Waals surface area contributed by atoms with Gasteiger partial charge in [-0.15, -0.1) is 0 Å². The Morgan fingerprint density at radius 2 is 2.11 bits per heavy atom. The van der Waals surface area contributed by atoms with Gasteiger partial charge in [-0.05, 0) is 58.5 Å². The van der Waals surface area contributed by atoms with Crippen LogP contribution in [0, 0.1) is 5.92 Å². The van der Waals surface area contributed by atoms with E-state index in [1.807, 2.05) is 0 Å². The second kappa shape index (κ2) is 6.11. The lowest BCUT2D eigenvalue weighted by molar-refractivity contribution is 0.0464. The molecule has 2 saturated heterocycles. The third-order valence-electron chi connectivity index (χ3n) is 5.65. The first-order chi connectivity index (χ1) is 9.28. The van der Waals surface area contributed by atoms with E-state index >= 15 is 0 Å². The molecule has 19 heavy (non-hydrogen) atoms. The van der Waals surface area contributed by atoms with Crippen molar-refractivity contribution in [3.05, 3.63) is 0 Å². The van der Waals surface area contributed by atoms with Gasteiger partial charge in [0, 0.05) is 30.7 Å². The molecule has 3 aliphatic rings. The fraction of sp³-hybridized carbons (Fsp3) is 1.00. The van der Waals surface area contributed by atoms with Crippen LogP contribution in [0.4, 0.5) is 0 Å². The minimum atomic E-state index is 0.569. The zero-order valence-electron chi connectivity index (χ0n) is 12.6. The summed E-state index contributed by atoms with van der Waals surface area (Å²) in [4.78, 5) is 2.61. The summed E-state index contributed by atoms with van der Waals surface area (Å²) in [6.07, 6.45) is 8.52. The van der Waals surface area contributed by atoms with E-state index in [2.05, 4.69) is 24.1 Å². The first kappa shape index (κ1) is 13.8. The SMILES string of the molecule is CCN1CC[C@H](N[C@@H]2CCC[C@@H]3OCC[C@H]32)C[C@H]1C. The van der Waals surface area contributed by atoms with Crippen LogP contribution in [0.3, 0.4) is 0 Å². The van der Waals surface area contributed by atoms with Crippen molar-refractivity contribution >= 4 is 0 Å². The molecule has 0 aromatic rings. The largest absolute Gasteiger partial charge is 0.378 e. The Morgan fingerprint density at radius 3 is 2.89 bits per heavy atom. The molecule has 0 unspecified atom stereocenters. The number of likely N-dealkylation sites (tertiary alicyclic amines) is 1. The first-order valence-electron chi connectivity index (χ1n) is 8.39. The Labute approximate surface area is 118 Å². The normalized spacial score (nSPS) is 44.2. The number of rotatable bonds is 3. The molecule has 1 N–H and O–H groups in total. The van der Waals surface area contributed by atoms with Crippen LogP contribution in [-0.4, -0.2) is 48.8 Å². The van der Waals surface area contributed by atoms with Crippen LogP contribution in [0.1, 0.15) is 52.4 Å². The van der Waals surface area contributed by atoms with E-state index in [9.17, 15) is 0 Å². The number of nitrogens with zero attached hydrogens (tertiary/aromatic N) is 1. The molecule has 3 nitrogen and oxygen atoms in total. The van der Waals surface area contributed by atoms with Gasteiger partial charge in [0.1, 0.15) is 0 Å². The van der Waals surface area contributed by atoms with Crippen molar-refractivity contribution in [1.29, 1.82) is 0 Å². The Kier molecular flexibility index (Phi) is 4.45. The third-order valence-corrected chi connectivity index (χ3v) is 5.65. The molecular weight excluding hydrogens is 236 g/mol. The summed E-state index contributed by atoms with van der Waals surface area (Å²) >= 11 is 0. The predicted molar refractivity (Wildman–Crippen MR) is 78.4 cm³/mol. The van der Waals surface area contributed by atoms with Gasteiger partial charge in [-0.3, -0.25) is 0 Å². The molecule has 0 amide bonds. The average Bonchev–Trinajstić information content (AvgIpc) is 2.88. The van der Waals surface area contributed by atoms with Crippen molar-refractivity contribution in [2.24, 2.45) is 5.92 Å². The van der Waals surface area contributed by atoms with Crippen molar-refractivity contribution in [3.8, 4) is 0 Å². The molecule has 2 aliphatic heterocycles. The topological polar surface area (TPSA) is 24.5 Å². The highest BCUT2D eigenvalue weighted by molar-refractivity contribution is 4.93. The summed E-state index contributed by atoms with van der Waals surface area (Å²) in [5, 5.41) is 4.00. The summed E-state index contributed by atoms with van der Waals surface area (Å²) in [7, 11) is 0. The predicted octanol–water partition coefficient (Wildman–Crippen LogP) is 2.41. The molecule has 1 saturated carbocycles. The van der Waals surface area contributed by atoms with Crippen molar-refractivity contribution < 1.29 is 4.74 Å². The Bertz CT molecular complexity index is 296. The van der Waals surface area contributed by atoms with Crippen LogP contribution in [0.25, 0.3) is 0 Å². The van der Waals surface area contributed by atoms with Crippen molar-refractivity contribution in [2.75, 3.05) is 19.7 Å². The highest BCUT2D eigenvalue weighted by Crippen LogP contribution is 2.35. The van der Waals surface area contributed by atoms with Crippen LogP contribution in [0.2, 0.25) is 0 Å². The molecule has 0 radical (unpaired) electrons. The van der Waals surface area contributed by atoms with E-state index < -0.39 is 0 Å². The number of ether oxygens (including phenoxy) is 1. The van der Waals surface area contributed by atoms with E-state index in [0.717, 1.165) is 30.7 Å².